The van der Waals surface area contributed by atoms with Crippen LogP contribution in [0.15, 0.2) is 0 Å². The zero-order chi connectivity index (χ0) is 4.50. The Morgan fingerprint density at radius 2 is 1.67 bits per heavy atom. The number of rotatable bonds is 0. The van der Waals surface area contributed by atoms with Gasteiger partial charge in [-0.1, -0.05) is 0 Å². The Balaban J connectivity index is -0.0000000267. The predicted octanol–water partition coefficient (Wildman–Crippen LogP) is -1.12. The third-order valence-electron chi connectivity index (χ3n) is 0. The molecular weight excluding hydrogens is 133 g/mol. The Morgan fingerprint density at radius 3 is 1.67 bits per heavy atom. The Kier molecular flexibility index (Phi) is 5.84. The summed E-state index contributed by atoms with van der Waals surface area (Å²) in [5.41, 5.74) is 4.02. The maximum atomic E-state index is 9.10. The minimum atomic E-state index is -4.14. The van der Waals surface area contributed by atoms with Gasteiger partial charge in [-0.2, -0.15) is 0 Å². The minimum Gasteiger partial charge on any atom is -1.00 e. The minimum absolute atomic E-state index is 0. The Bertz CT molecular complexity index is 63.4. The molecule has 0 rings (SSSR count). The van der Waals surface area contributed by atoms with Gasteiger partial charge in [-0.25, -0.2) is 10.1 Å². The van der Waals surface area contributed by atoms with Gasteiger partial charge in [0.15, 0.2) is 0 Å². The van der Waals surface area contributed by atoms with E-state index in [0.29, 0.717) is 0 Å². The van der Waals surface area contributed by atoms with E-state index >= 15 is 0 Å². The number of hydrogen-bond acceptors (Lipinski definition) is 1. The van der Waals surface area contributed by atoms with Crippen molar-refractivity contribution in [3.8, 4) is 0 Å². The van der Waals surface area contributed by atoms with E-state index in [-0.39, 0.29) is 40.6 Å². The largest absolute Gasteiger partial charge is 2.00 e. The molecule has 4 nitrogen and oxygen atoms in total. The Morgan fingerprint density at radius 1 is 1.67 bits per heavy atom. The Hall–Kier alpha value is 1.37. The zero-order valence-electron chi connectivity index (χ0n) is 5.03. The van der Waals surface area contributed by atoms with Crippen molar-refractivity contribution in [2.45, 2.75) is 0 Å². The molecule has 0 aliphatic carbocycles. The van der Waals surface area contributed by atoms with Gasteiger partial charge < -0.3 is 12.6 Å². The average molecular weight is 139 g/mol. The molecule has 6 heavy (non-hydrogen) atoms. The van der Waals surface area contributed by atoms with Crippen molar-refractivity contribution >= 4 is 45.5 Å². The second kappa shape index (κ2) is 3.38. The molecule has 0 heterocycles. The zero-order valence-corrected chi connectivity index (χ0v) is 6.14. The SMILES string of the molecule is NP(=O)(O)O.[Ca+2].[H-].[H-]. The summed E-state index contributed by atoms with van der Waals surface area (Å²) in [5, 5.41) is 0. The van der Waals surface area contributed by atoms with Gasteiger partial charge in [0, 0.05) is 0 Å². The molecule has 0 aliphatic rings. The van der Waals surface area contributed by atoms with E-state index in [4.69, 9.17) is 14.4 Å². The van der Waals surface area contributed by atoms with Gasteiger partial charge >= 0.3 is 45.5 Å². The van der Waals surface area contributed by atoms with Crippen molar-refractivity contribution in [1.82, 2.24) is 0 Å². The summed E-state index contributed by atoms with van der Waals surface area (Å²) < 4.78 is 9.10. The molecule has 0 amide bonds. The average Bonchev–Trinajstić information content (AvgIpc) is 0.722. The van der Waals surface area contributed by atoms with E-state index in [1.165, 1.54) is 0 Å². The molecule has 0 atom stereocenters. The van der Waals surface area contributed by atoms with Crippen LogP contribution in [-0.4, -0.2) is 47.5 Å². The van der Waals surface area contributed by atoms with Gasteiger partial charge in [0.2, 0.25) is 0 Å². The normalized spacial score (nSPS) is 9.83. The van der Waals surface area contributed by atoms with Gasteiger partial charge in [0.1, 0.15) is 0 Å². The van der Waals surface area contributed by atoms with Crippen LogP contribution in [0, 0.1) is 0 Å². The van der Waals surface area contributed by atoms with Crippen LogP contribution in [0.4, 0.5) is 0 Å². The van der Waals surface area contributed by atoms with Gasteiger partial charge in [-0.3, -0.25) is 0 Å². The first-order chi connectivity index (χ1) is 2.00. The Labute approximate surface area is 67.9 Å². The molecule has 0 saturated heterocycles. The van der Waals surface area contributed by atoms with Gasteiger partial charge in [-0.15, -0.1) is 0 Å². The summed E-state index contributed by atoms with van der Waals surface area (Å²) in [7, 11) is -4.14. The van der Waals surface area contributed by atoms with E-state index in [0.717, 1.165) is 0 Å². The van der Waals surface area contributed by atoms with Crippen molar-refractivity contribution in [2.75, 3.05) is 0 Å². The monoisotopic (exact) mass is 139 g/mol. The fraction of sp³-hybridized carbons (Fsp3) is 0. The van der Waals surface area contributed by atoms with Crippen LogP contribution >= 0.6 is 7.75 Å². The smallest absolute Gasteiger partial charge is 1.00 e. The summed E-state index contributed by atoms with van der Waals surface area (Å²) in [4.78, 5) is 14.8. The van der Waals surface area contributed by atoms with Crippen LogP contribution in [0.25, 0.3) is 0 Å². The van der Waals surface area contributed by atoms with Crippen molar-refractivity contribution < 1.29 is 17.2 Å². The molecule has 4 N–H and O–H groups in total. The van der Waals surface area contributed by atoms with E-state index in [9.17, 15) is 0 Å². The maximum absolute atomic E-state index is 9.10. The van der Waals surface area contributed by atoms with Crippen molar-refractivity contribution in [3.63, 3.8) is 0 Å². The van der Waals surface area contributed by atoms with Gasteiger partial charge in [0.05, 0.1) is 0 Å². The third kappa shape index (κ3) is 54.6. The number of nitrogens with two attached hydrogens (primary N) is 1. The van der Waals surface area contributed by atoms with Crippen molar-refractivity contribution in [3.05, 3.63) is 0 Å². The van der Waals surface area contributed by atoms with E-state index in [2.05, 4.69) is 5.50 Å². The molecule has 0 saturated carbocycles. The fourth-order valence-corrected chi connectivity index (χ4v) is 0. The maximum Gasteiger partial charge on any atom is 2.00 e. The summed E-state index contributed by atoms with van der Waals surface area (Å²) in [5.74, 6) is 0. The third-order valence-corrected chi connectivity index (χ3v) is 0. The molecular formula is H6CaNO3P. The van der Waals surface area contributed by atoms with Crippen LogP contribution in [0.2, 0.25) is 0 Å². The molecule has 0 aliphatic heterocycles. The fourth-order valence-electron chi connectivity index (χ4n) is 0. The first-order valence-electron chi connectivity index (χ1n) is 0.841. The molecule has 36 valence electrons. The molecule has 0 radical (unpaired) electrons. The van der Waals surface area contributed by atoms with E-state index in [1.54, 1.807) is 0 Å². The van der Waals surface area contributed by atoms with E-state index < -0.39 is 7.75 Å². The van der Waals surface area contributed by atoms with Crippen LogP contribution in [0.3, 0.4) is 0 Å². The first-order valence-corrected chi connectivity index (χ1v) is 2.52. The number of hydrogen-bond donors (Lipinski definition) is 3. The van der Waals surface area contributed by atoms with Crippen molar-refractivity contribution in [2.24, 2.45) is 5.50 Å². The molecule has 0 aromatic carbocycles. The van der Waals surface area contributed by atoms with E-state index in [1.807, 2.05) is 0 Å². The molecule has 0 aromatic rings. The second-order valence-corrected chi connectivity index (χ2v) is 1.77. The molecule has 0 spiro atoms. The quantitative estimate of drug-likeness (QED) is 0.293. The predicted molar refractivity (Wildman–Crippen MR) is 24.2 cm³/mol. The molecule has 0 unspecified atom stereocenters. The first kappa shape index (κ1) is 10.4. The van der Waals surface area contributed by atoms with Crippen LogP contribution in [-0.2, 0) is 4.57 Å². The summed E-state index contributed by atoms with van der Waals surface area (Å²) in [6.07, 6.45) is 0. The summed E-state index contributed by atoms with van der Waals surface area (Å²) in [6.45, 7) is 0. The molecule has 0 bridgehead atoms. The molecule has 6 heteroatoms. The van der Waals surface area contributed by atoms with Crippen LogP contribution < -0.4 is 5.50 Å². The summed E-state index contributed by atoms with van der Waals surface area (Å²) >= 11 is 0. The molecule has 0 aromatic heterocycles. The topological polar surface area (TPSA) is 83.6 Å². The van der Waals surface area contributed by atoms with Crippen LogP contribution in [0.5, 0.6) is 0 Å². The standard InChI is InChI=1S/Ca.H4NO3P.2H/c;1-5(2,3)4;;/h;(H4,1,2,3,4);;/q+2;;2*-1. The summed E-state index contributed by atoms with van der Waals surface area (Å²) in [6, 6.07) is 0. The second-order valence-electron chi connectivity index (χ2n) is 0.589. The van der Waals surface area contributed by atoms with Crippen molar-refractivity contribution in [1.29, 1.82) is 0 Å². The van der Waals surface area contributed by atoms with Crippen LogP contribution in [0.1, 0.15) is 2.85 Å². The van der Waals surface area contributed by atoms with Gasteiger partial charge in [0.25, 0.3) is 0 Å². The molecule has 0 fully saturated rings. The van der Waals surface area contributed by atoms with Gasteiger partial charge in [-0.05, 0) is 0 Å².